The van der Waals surface area contributed by atoms with Gasteiger partial charge in [-0.05, 0) is 45.0 Å². The van der Waals surface area contributed by atoms with E-state index in [-0.39, 0.29) is 11.2 Å². The minimum atomic E-state index is -0.0971. The first-order valence-electron chi connectivity index (χ1n) is 7.29. The minimum Gasteiger partial charge on any atom is -0.385 e. The number of thioether (sulfide) groups is 1. The molecule has 0 aliphatic rings. The zero-order valence-corrected chi connectivity index (χ0v) is 14.1. The van der Waals surface area contributed by atoms with Gasteiger partial charge in [0.25, 0.3) is 0 Å². The first kappa shape index (κ1) is 18.0. The van der Waals surface area contributed by atoms with Crippen LogP contribution in [0.4, 0.5) is 0 Å². The molecular weight excluding hydrogens is 284 g/mol. The van der Waals surface area contributed by atoms with Gasteiger partial charge in [0, 0.05) is 31.2 Å². The van der Waals surface area contributed by atoms with Crippen molar-refractivity contribution >= 4 is 17.7 Å². The fraction of sp³-hybridized carbons (Fsp3) is 0.562. The maximum Gasteiger partial charge on any atom is 0.233 e. The lowest BCUT2D eigenvalue weighted by Crippen LogP contribution is -2.32. The highest BCUT2D eigenvalue weighted by molar-refractivity contribution is 8.00. The van der Waals surface area contributed by atoms with Crippen LogP contribution in [0.5, 0.6) is 0 Å². The lowest BCUT2D eigenvalue weighted by Gasteiger charge is -2.14. The van der Waals surface area contributed by atoms with Crippen LogP contribution in [-0.4, -0.2) is 38.5 Å². The van der Waals surface area contributed by atoms with Crippen molar-refractivity contribution in [1.29, 1.82) is 0 Å². The molecule has 4 nitrogen and oxygen atoms in total. The molecule has 0 aliphatic heterocycles. The molecule has 1 amide bonds. The molecule has 0 spiro atoms. The van der Waals surface area contributed by atoms with Crippen molar-refractivity contribution in [3.8, 4) is 0 Å². The summed E-state index contributed by atoms with van der Waals surface area (Å²) in [4.78, 5) is 13.1. The first-order chi connectivity index (χ1) is 10.1. The van der Waals surface area contributed by atoms with Crippen molar-refractivity contribution in [2.24, 2.45) is 0 Å². The predicted octanol–water partition coefficient (Wildman–Crippen LogP) is 2.60. The van der Waals surface area contributed by atoms with E-state index in [1.54, 1.807) is 18.9 Å². The number of hydrogen-bond donors (Lipinski definition) is 2. The molecule has 21 heavy (non-hydrogen) atoms. The molecule has 0 heterocycles. The molecule has 118 valence electrons. The average molecular weight is 310 g/mol. The molecule has 0 bridgehead atoms. The van der Waals surface area contributed by atoms with Gasteiger partial charge in [0.2, 0.25) is 5.91 Å². The molecule has 1 aromatic rings. The Bertz CT molecular complexity index is 423. The summed E-state index contributed by atoms with van der Waals surface area (Å²) in [6.07, 6.45) is 0.843. The molecule has 0 aromatic heterocycles. The Morgan fingerprint density at radius 1 is 1.29 bits per heavy atom. The third-order valence-corrected chi connectivity index (χ3v) is 4.43. The number of ether oxygens (including phenoxy) is 1. The second-order valence-corrected chi connectivity index (χ2v) is 6.39. The molecule has 0 fully saturated rings. The Kier molecular flexibility index (Phi) is 8.42. The van der Waals surface area contributed by atoms with Crippen LogP contribution in [0.15, 0.2) is 29.2 Å². The van der Waals surface area contributed by atoms with E-state index in [4.69, 9.17) is 4.74 Å². The molecule has 2 unspecified atom stereocenters. The number of nitrogens with one attached hydrogen (secondary N) is 2. The van der Waals surface area contributed by atoms with Crippen LogP contribution < -0.4 is 10.6 Å². The summed E-state index contributed by atoms with van der Waals surface area (Å²) < 4.78 is 4.96. The fourth-order valence-electron chi connectivity index (χ4n) is 1.83. The number of benzene rings is 1. The number of methoxy groups -OCH3 is 1. The summed E-state index contributed by atoms with van der Waals surface area (Å²) in [6, 6.07) is 8.69. The van der Waals surface area contributed by atoms with E-state index in [1.807, 2.05) is 14.0 Å². The number of carbonyl (C=O) groups excluding carboxylic acids is 1. The Labute approximate surface area is 132 Å². The summed E-state index contributed by atoms with van der Waals surface area (Å²) in [5, 5.41) is 6.04. The van der Waals surface area contributed by atoms with E-state index < -0.39 is 0 Å². The monoisotopic (exact) mass is 310 g/mol. The van der Waals surface area contributed by atoms with E-state index in [9.17, 15) is 4.79 Å². The molecule has 1 aromatic carbocycles. The van der Waals surface area contributed by atoms with Crippen molar-refractivity contribution in [1.82, 2.24) is 10.6 Å². The standard InChI is InChI=1S/C16H26N2O2S/c1-12(17-3)14-6-8-15(9-7-14)21-13(2)16(19)18-10-5-11-20-4/h6-9,12-13,17H,5,10-11H2,1-4H3,(H,18,19). The van der Waals surface area contributed by atoms with Crippen LogP contribution in [0.2, 0.25) is 0 Å². The third kappa shape index (κ3) is 6.50. The smallest absolute Gasteiger partial charge is 0.233 e. The summed E-state index contributed by atoms with van der Waals surface area (Å²) in [5.41, 5.74) is 1.25. The second kappa shape index (κ2) is 9.82. The van der Waals surface area contributed by atoms with Crippen molar-refractivity contribution in [2.75, 3.05) is 27.3 Å². The zero-order valence-electron chi connectivity index (χ0n) is 13.3. The number of hydrogen-bond acceptors (Lipinski definition) is 4. The number of carbonyl (C=O) groups is 1. The topological polar surface area (TPSA) is 50.4 Å². The van der Waals surface area contributed by atoms with Gasteiger partial charge in [0.05, 0.1) is 5.25 Å². The van der Waals surface area contributed by atoms with E-state index in [0.717, 1.165) is 11.3 Å². The third-order valence-electron chi connectivity index (χ3n) is 3.32. The molecule has 1 rings (SSSR count). The molecule has 2 N–H and O–H groups in total. The Morgan fingerprint density at radius 3 is 2.52 bits per heavy atom. The Balaban J connectivity index is 2.43. The molecule has 2 atom stereocenters. The van der Waals surface area contributed by atoms with Crippen LogP contribution >= 0.6 is 11.8 Å². The van der Waals surface area contributed by atoms with Crippen molar-refractivity contribution < 1.29 is 9.53 Å². The van der Waals surface area contributed by atoms with Crippen molar-refractivity contribution in [3.63, 3.8) is 0 Å². The van der Waals surface area contributed by atoms with Gasteiger partial charge in [-0.2, -0.15) is 0 Å². The van der Waals surface area contributed by atoms with Gasteiger partial charge < -0.3 is 15.4 Å². The Morgan fingerprint density at radius 2 is 1.95 bits per heavy atom. The first-order valence-corrected chi connectivity index (χ1v) is 8.17. The van der Waals surface area contributed by atoms with E-state index in [1.165, 1.54) is 5.56 Å². The Hall–Kier alpha value is -1.04. The molecule has 0 saturated heterocycles. The van der Waals surface area contributed by atoms with Crippen molar-refractivity contribution in [3.05, 3.63) is 29.8 Å². The lowest BCUT2D eigenvalue weighted by molar-refractivity contribution is -0.120. The largest absolute Gasteiger partial charge is 0.385 e. The van der Waals surface area contributed by atoms with Crippen LogP contribution in [0.25, 0.3) is 0 Å². The quantitative estimate of drug-likeness (QED) is 0.544. The SMILES string of the molecule is CNC(C)c1ccc(SC(C)C(=O)NCCCOC)cc1. The minimum absolute atomic E-state index is 0.0729. The maximum atomic E-state index is 11.9. The molecule has 0 saturated carbocycles. The highest BCUT2D eigenvalue weighted by atomic mass is 32.2. The summed E-state index contributed by atoms with van der Waals surface area (Å²) >= 11 is 1.58. The van der Waals surface area contributed by atoms with E-state index >= 15 is 0 Å². The molecule has 0 radical (unpaired) electrons. The van der Waals surface area contributed by atoms with Crippen LogP contribution in [0, 0.1) is 0 Å². The number of amides is 1. The molecule has 0 aliphatic carbocycles. The van der Waals surface area contributed by atoms with E-state index in [2.05, 4.69) is 41.8 Å². The van der Waals surface area contributed by atoms with Crippen LogP contribution in [0.3, 0.4) is 0 Å². The van der Waals surface area contributed by atoms with Gasteiger partial charge in [-0.15, -0.1) is 11.8 Å². The highest BCUT2D eigenvalue weighted by Crippen LogP contribution is 2.25. The van der Waals surface area contributed by atoms with Crippen molar-refractivity contribution in [2.45, 2.75) is 36.5 Å². The fourth-order valence-corrected chi connectivity index (χ4v) is 2.72. The molecular formula is C16H26N2O2S. The maximum absolute atomic E-state index is 11.9. The van der Waals surface area contributed by atoms with Gasteiger partial charge in [-0.1, -0.05) is 12.1 Å². The second-order valence-electron chi connectivity index (χ2n) is 4.98. The summed E-state index contributed by atoms with van der Waals surface area (Å²) in [6.45, 7) is 5.39. The summed E-state index contributed by atoms with van der Waals surface area (Å²) in [7, 11) is 3.61. The van der Waals surface area contributed by atoms with Crippen LogP contribution in [0.1, 0.15) is 31.9 Å². The van der Waals surface area contributed by atoms with Gasteiger partial charge >= 0.3 is 0 Å². The van der Waals surface area contributed by atoms with Gasteiger partial charge in [-0.3, -0.25) is 4.79 Å². The van der Waals surface area contributed by atoms with Gasteiger partial charge in [0.1, 0.15) is 0 Å². The molecule has 5 heteroatoms. The number of rotatable bonds is 9. The average Bonchev–Trinajstić information content (AvgIpc) is 2.51. The highest BCUT2D eigenvalue weighted by Gasteiger charge is 2.13. The van der Waals surface area contributed by atoms with Crippen LogP contribution in [-0.2, 0) is 9.53 Å². The zero-order chi connectivity index (χ0) is 15.7. The van der Waals surface area contributed by atoms with E-state index in [0.29, 0.717) is 19.2 Å². The normalized spacial score (nSPS) is 13.7. The van der Waals surface area contributed by atoms with Gasteiger partial charge in [0.15, 0.2) is 0 Å². The lowest BCUT2D eigenvalue weighted by atomic mass is 10.1. The van der Waals surface area contributed by atoms with Gasteiger partial charge in [-0.25, -0.2) is 0 Å². The summed E-state index contributed by atoms with van der Waals surface area (Å²) in [5.74, 6) is 0.0729. The predicted molar refractivity (Wildman–Crippen MR) is 88.7 cm³/mol.